The molecule has 0 spiro atoms. The van der Waals surface area contributed by atoms with Crippen LogP contribution in [0.25, 0.3) is 5.65 Å². The number of nitrogen functional groups attached to an aromatic ring is 1. The summed E-state index contributed by atoms with van der Waals surface area (Å²) in [5.41, 5.74) is 8.41. The molecule has 0 bridgehead atoms. The molecule has 0 amide bonds. The highest BCUT2D eigenvalue weighted by molar-refractivity contribution is 5.49. The minimum absolute atomic E-state index is 0.576. The van der Waals surface area contributed by atoms with Crippen LogP contribution in [0.2, 0.25) is 0 Å². The largest absolute Gasteiger partial charge is 0.396 e. The second kappa shape index (κ2) is 3.75. The highest BCUT2D eigenvalue weighted by Gasteiger charge is 2.17. The molecule has 1 unspecified atom stereocenters. The summed E-state index contributed by atoms with van der Waals surface area (Å²) in [5, 5.41) is 7.75. The lowest BCUT2D eigenvalue weighted by Crippen LogP contribution is -2.23. The quantitative estimate of drug-likeness (QED) is 0.773. The molecule has 3 rings (SSSR count). The van der Waals surface area contributed by atoms with E-state index in [1.54, 1.807) is 16.9 Å². The number of hydrogen-bond donors (Lipinski definition) is 2. The third-order valence-electron chi connectivity index (χ3n) is 3.08. The summed E-state index contributed by atoms with van der Waals surface area (Å²) in [7, 11) is 0. The molecule has 0 radical (unpaired) electrons. The van der Waals surface area contributed by atoms with Crippen LogP contribution in [0.4, 0.5) is 5.69 Å². The average molecular weight is 217 g/mol. The van der Waals surface area contributed by atoms with E-state index in [0.717, 1.165) is 18.6 Å². The Balaban J connectivity index is 1.91. The Bertz CT molecular complexity index is 498. The number of nitrogens with one attached hydrogen (secondary N) is 1. The topological polar surface area (TPSA) is 68.2 Å². The molecule has 1 atom stereocenters. The first kappa shape index (κ1) is 9.59. The highest BCUT2D eigenvalue weighted by atomic mass is 15.2. The number of nitrogens with zero attached hydrogens (tertiary/aromatic N) is 3. The van der Waals surface area contributed by atoms with Crippen molar-refractivity contribution in [1.82, 2.24) is 19.9 Å². The second-order valence-electron chi connectivity index (χ2n) is 4.32. The van der Waals surface area contributed by atoms with E-state index in [9.17, 15) is 0 Å². The van der Waals surface area contributed by atoms with E-state index in [0.29, 0.717) is 11.7 Å². The van der Waals surface area contributed by atoms with E-state index in [4.69, 9.17) is 5.73 Å². The first-order chi connectivity index (χ1) is 7.83. The minimum atomic E-state index is 0.576. The number of nitrogens with two attached hydrogens (primary N) is 1. The Morgan fingerprint density at radius 1 is 1.50 bits per heavy atom. The van der Waals surface area contributed by atoms with Gasteiger partial charge in [0, 0.05) is 11.6 Å². The lowest BCUT2D eigenvalue weighted by atomic mass is 10.1. The lowest BCUT2D eigenvalue weighted by Gasteiger charge is -2.07. The van der Waals surface area contributed by atoms with E-state index >= 15 is 0 Å². The smallest absolute Gasteiger partial charge is 0.158 e. The Morgan fingerprint density at radius 3 is 3.25 bits per heavy atom. The normalized spacial score (nSPS) is 20.6. The maximum absolute atomic E-state index is 5.66. The zero-order chi connectivity index (χ0) is 11.0. The van der Waals surface area contributed by atoms with Gasteiger partial charge in [0.15, 0.2) is 5.65 Å². The number of hydrogen-bond acceptors (Lipinski definition) is 4. The van der Waals surface area contributed by atoms with Gasteiger partial charge in [-0.25, -0.2) is 9.50 Å². The van der Waals surface area contributed by atoms with Crippen molar-refractivity contribution < 1.29 is 0 Å². The van der Waals surface area contributed by atoms with Crippen molar-refractivity contribution in [2.24, 2.45) is 0 Å². The molecule has 0 aromatic carbocycles. The van der Waals surface area contributed by atoms with Gasteiger partial charge < -0.3 is 11.1 Å². The molecule has 0 saturated carbocycles. The van der Waals surface area contributed by atoms with Gasteiger partial charge in [0.05, 0.1) is 24.3 Å². The van der Waals surface area contributed by atoms with E-state index in [2.05, 4.69) is 15.4 Å². The molecule has 1 aliphatic rings. The van der Waals surface area contributed by atoms with Crippen molar-refractivity contribution in [3.05, 3.63) is 24.2 Å². The third-order valence-corrected chi connectivity index (χ3v) is 3.08. The molecule has 2 aromatic rings. The molecule has 1 saturated heterocycles. The lowest BCUT2D eigenvalue weighted by molar-refractivity contribution is 0.604. The molecule has 5 nitrogen and oxygen atoms in total. The zero-order valence-electron chi connectivity index (χ0n) is 9.06. The van der Waals surface area contributed by atoms with Gasteiger partial charge in [-0.3, -0.25) is 0 Å². The van der Waals surface area contributed by atoms with Gasteiger partial charge in [-0.15, -0.1) is 0 Å². The van der Waals surface area contributed by atoms with Gasteiger partial charge in [-0.1, -0.05) is 0 Å². The summed E-state index contributed by atoms with van der Waals surface area (Å²) in [6.45, 7) is 1.13. The fourth-order valence-electron chi connectivity index (χ4n) is 2.28. The standard InChI is InChI=1S/C11H15N5/c12-9-6-14-11-8(5-15-16(11)7-9)4-10-2-1-3-13-10/h5-7,10,13H,1-4,12H2. The molecule has 0 aliphatic carbocycles. The average Bonchev–Trinajstić information content (AvgIpc) is 2.89. The monoisotopic (exact) mass is 217 g/mol. The molecule has 3 heterocycles. The summed E-state index contributed by atoms with van der Waals surface area (Å²) in [5.74, 6) is 0. The number of fused-ring (bicyclic) bond motifs is 1. The predicted molar refractivity (Wildman–Crippen MR) is 62.1 cm³/mol. The van der Waals surface area contributed by atoms with Crippen molar-refractivity contribution in [3.8, 4) is 0 Å². The molecule has 5 heteroatoms. The molecule has 3 N–H and O–H groups in total. The maximum atomic E-state index is 5.66. The minimum Gasteiger partial charge on any atom is -0.396 e. The Kier molecular flexibility index (Phi) is 2.25. The Labute approximate surface area is 93.7 Å². The fourth-order valence-corrected chi connectivity index (χ4v) is 2.28. The molecule has 84 valence electrons. The van der Waals surface area contributed by atoms with Crippen molar-refractivity contribution in [2.45, 2.75) is 25.3 Å². The van der Waals surface area contributed by atoms with Crippen molar-refractivity contribution in [3.63, 3.8) is 0 Å². The van der Waals surface area contributed by atoms with Crippen LogP contribution in [0.15, 0.2) is 18.6 Å². The van der Waals surface area contributed by atoms with Gasteiger partial charge in [-0.2, -0.15) is 5.10 Å². The van der Waals surface area contributed by atoms with E-state index in [1.807, 2.05) is 6.20 Å². The first-order valence-corrected chi connectivity index (χ1v) is 5.64. The zero-order valence-corrected chi connectivity index (χ0v) is 9.06. The van der Waals surface area contributed by atoms with Crippen molar-refractivity contribution in [1.29, 1.82) is 0 Å². The Morgan fingerprint density at radius 2 is 2.44 bits per heavy atom. The number of aromatic nitrogens is 3. The van der Waals surface area contributed by atoms with E-state index < -0.39 is 0 Å². The maximum Gasteiger partial charge on any atom is 0.158 e. The van der Waals surface area contributed by atoms with Gasteiger partial charge in [0.25, 0.3) is 0 Å². The molecular weight excluding hydrogens is 202 g/mol. The van der Waals surface area contributed by atoms with Crippen LogP contribution in [0, 0.1) is 0 Å². The van der Waals surface area contributed by atoms with Crippen LogP contribution >= 0.6 is 0 Å². The predicted octanol–water partition coefficient (Wildman–Crippen LogP) is 0.606. The molecule has 2 aromatic heterocycles. The van der Waals surface area contributed by atoms with Crippen molar-refractivity contribution >= 4 is 11.3 Å². The molecular formula is C11H15N5. The van der Waals surface area contributed by atoms with Crippen LogP contribution in [-0.4, -0.2) is 27.2 Å². The fraction of sp³-hybridized carbons (Fsp3) is 0.455. The molecule has 1 fully saturated rings. The summed E-state index contributed by atoms with van der Waals surface area (Å²) >= 11 is 0. The van der Waals surface area contributed by atoms with Crippen LogP contribution in [0.5, 0.6) is 0 Å². The van der Waals surface area contributed by atoms with Crippen LogP contribution in [0.1, 0.15) is 18.4 Å². The first-order valence-electron chi connectivity index (χ1n) is 5.64. The van der Waals surface area contributed by atoms with Gasteiger partial charge in [0.2, 0.25) is 0 Å². The van der Waals surface area contributed by atoms with Gasteiger partial charge >= 0.3 is 0 Å². The molecule has 1 aliphatic heterocycles. The highest BCUT2D eigenvalue weighted by Crippen LogP contribution is 2.15. The van der Waals surface area contributed by atoms with Gasteiger partial charge in [0.1, 0.15) is 0 Å². The van der Waals surface area contributed by atoms with Crippen LogP contribution < -0.4 is 11.1 Å². The second-order valence-corrected chi connectivity index (χ2v) is 4.32. The Hall–Kier alpha value is -1.62. The van der Waals surface area contributed by atoms with Gasteiger partial charge in [-0.05, 0) is 25.8 Å². The number of rotatable bonds is 2. The summed E-state index contributed by atoms with van der Waals surface area (Å²) in [6.07, 6.45) is 8.88. The van der Waals surface area contributed by atoms with Crippen LogP contribution in [0.3, 0.4) is 0 Å². The summed E-state index contributed by atoms with van der Waals surface area (Å²) in [6, 6.07) is 0.576. The van der Waals surface area contributed by atoms with Crippen LogP contribution in [-0.2, 0) is 6.42 Å². The summed E-state index contributed by atoms with van der Waals surface area (Å²) in [4.78, 5) is 4.33. The summed E-state index contributed by atoms with van der Waals surface area (Å²) < 4.78 is 1.75. The third kappa shape index (κ3) is 1.63. The van der Waals surface area contributed by atoms with E-state index in [1.165, 1.54) is 18.4 Å². The number of anilines is 1. The van der Waals surface area contributed by atoms with E-state index in [-0.39, 0.29) is 0 Å². The SMILES string of the molecule is Nc1cnc2c(CC3CCCN3)cnn2c1. The molecule has 16 heavy (non-hydrogen) atoms. The van der Waals surface area contributed by atoms with Crippen molar-refractivity contribution in [2.75, 3.05) is 12.3 Å².